The highest BCUT2D eigenvalue weighted by Gasteiger charge is 2.07. The third-order valence-electron chi connectivity index (χ3n) is 3.04. The van der Waals surface area contributed by atoms with Crippen LogP contribution in [0.3, 0.4) is 0 Å². The molecular weight excluding hydrogens is 298 g/mol. The average molecular weight is 311 g/mol. The number of phenolic OH excluding ortho intramolecular Hbond substituents is 1. The molecule has 0 aliphatic heterocycles. The van der Waals surface area contributed by atoms with Gasteiger partial charge in [0.2, 0.25) is 0 Å². The van der Waals surface area contributed by atoms with Crippen LogP contribution in [-0.4, -0.2) is 16.7 Å². The highest BCUT2D eigenvalue weighted by Crippen LogP contribution is 2.31. The molecule has 110 valence electrons. The van der Waals surface area contributed by atoms with Crippen molar-refractivity contribution >= 4 is 32.4 Å². The van der Waals surface area contributed by atoms with Gasteiger partial charge in [-0.25, -0.2) is 4.98 Å². The van der Waals surface area contributed by atoms with Gasteiger partial charge in [0, 0.05) is 5.69 Å². The fraction of sp³-hybridized carbons (Fsp3) is 0.125. The Balaban J connectivity index is 1.89. The number of rotatable bonds is 4. The molecule has 0 bridgehead atoms. The third kappa shape index (κ3) is 2.80. The molecule has 1 heterocycles. The average Bonchev–Trinajstić information content (AvgIpc) is 2.91. The molecule has 0 fully saturated rings. The molecule has 0 saturated carbocycles. The number of nitrogens with zero attached hydrogens (tertiary/aromatic N) is 2. The van der Waals surface area contributed by atoms with Gasteiger partial charge in [-0.15, -0.1) is 0 Å². The van der Waals surface area contributed by atoms with Gasteiger partial charge in [-0.1, -0.05) is 11.3 Å². The summed E-state index contributed by atoms with van der Waals surface area (Å²) in [5, 5.41) is 22.3. The summed E-state index contributed by atoms with van der Waals surface area (Å²) in [6.07, 6.45) is 0. The molecule has 22 heavy (non-hydrogen) atoms. The molecule has 6 heteroatoms. The van der Waals surface area contributed by atoms with E-state index in [1.807, 2.05) is 31.2 Å². The van der Waals surface area contributed by atoms with Crippen LogP contribution in [-0.2, 0) is 0 Å². The monoisotopic (exact) mass is 311 g/mol. The van der Waals surface area contributed by atoms with Gasteiger partial charge < -0.3 is 15.2 Å². The zero-order valence-electron chi connectivity index (χ0n) is 11.8. The Morgan fingerprint density at radius 2 is 2.18 bits per heavy atom. The molecule has 3 rings (SSSR count). The molecule has 3 aromatic rings. The third-order valence-corrected chi connectivity index (χ3v) is 3.97. The van der Waals surface area contributed by atoms with E-state index in [4.69, 9.17) is 10.00 Å². The van der Waals surface area contributed by atoms with Crippen molar-refractivity contribution in [3.05, 3.63) is 42.0 Å². The van der Waals surface area contributed by atoms with Crippen molar-refractivity contribution in [2.75, 3.05) is 11.9 Å². The first-order valence-corrected chi connectivity index (χ1v) is 7.55. The lowest BCUT2D eigenvalue weighted by atomic mass is 10.2. The molecule has 0 amide bonds. The van der Waals surface area contributed by atoms with Crippen molar-refractivity contribution in [3.8, 4) is 17.6 Å². The number of aromatic nitrogens is 1. The number of hydrogen-bond donors (Lipinski definition) is 2. The molecule has 2 N–H and O–H groups in total. The van der Waals surface area contributed by atoms with E-state index >= 15 is 0 Å². The number of nitriles is 1. The molecule has 1 aromatic heterocycles. The number of anilines is 2. The lowest BCUT2D eigenvalue weighted by Gasteiger charge is -2.03. The normalized spacial score (nSPS) is 10.4. The molecule has 0 saturated heterocycles. The lowest BCUT2D eigenvalue weighted by Crippen LogP contribution is -1.90. The minimum atomic E-state index is -0.0290. The summed E-state index contributed by atoms with van der Waals surface area (Å²) < 4.78 is 6.50. The second kappa shape index (κ2) is 5.92. The molecule has 0 spiro atoms. The topological polar surface area (TPSA) is 78.2 Å². The zero-order chi connectivity index (χ0) is 15.5. The van der Waals surface area contributed by atoms with E-state index in [1.54, 1.807) is 12.1 Å². The molecule has 0 aliphatic rings. The van der Waals surface area contributed by atoms with Gasteiger partial charge in [-0.05, 0) is 43.3 Å². The van der Waals surface area contributed by atoms with Crippen LogP contribution in [0.25, 0.3) is 10.2 Å². The molecule has 2 aromatic carbocycles. The SMILES string of the molecule is CCOc1ccc2nc(Nc3ccc(O)c(C#N)c3)sc2c1. The Labute approximate surface area is 131 Å². The summed E-state index contributed by atoms with van der Waals surface area (Å²) in [5.74, 6) is 0.792. The smallest absolute Gasteiger partial charge is 0.188 e. The summed E-state index contributed by atoms with van der Waals surface area (Å²) in [4.78, 5) is 4.49. The van der Waals surface area contributed by atoms with Crippen LogP contribution in [0.15, 0.2) is 36.4 Å². The number of ether oxygens (including phenoxy) is 1. The molecule has 5 nitrogen and oxygen atoms in total. The van der Waals surface area contributed by atoms with Crippen LogP contribution >= 0.6 is 11.3 Å². The van der Waals surface area contributed by atoms with E-state index in [-0.39, 0.29) is 11.3 Å². The molecule has 0 atom stereocenters. The van der Waals surface area contributed by atoms with E-state index < -0.39 is 0 Å². The van der Waals surface area contributed by atoms with Gasteiger partial charge in [0.05, 0.1) is 22.4 Å². The predicted molar refractivity (Wildman–Crippen MR) is 86.9 cm³/mol. The summed E-state index contributed by atoms with van der Waals surface area (Å²) in [7, 11) is 0. The quantitative estimate of drug-likeness (QED) is 0.712. The fourth-order valence-corrected chi connectivity index (χ4v) is 2.96. The van der Waals surface area contributed by atoms with Crippen molar-refractivity contribution in [2.45, 2.75) is 6.92 Å². The number of benzene rings is 2. The van der Waals surface area contributed by atoms with Crippen LogP contribution in [0.5, 0.6) is 11.5 Å². The number of hydrogen-bond acceptors (Lipinski definition) is 6. The van der Waals surface area contributed by atoms with Crippen molar-refractivity contribution in [1.82, 2.24) is 4.98 Å². The summed E-state index contributed by atoms with van der Waals surface area (Å²) >= 11 is 1.50. The second-order valence-electron chi connectivity index (χ2n) is 4.55. The standard InChI is InChI=1S/C16H13N3O2S/c1-2-21-12-4-5-13-15(8-12)22-16(19-13)18-11-3-6-14(20)10(7-11)9-17/h3-8,20H,2H2,1H3,(H,18,19). The Morgan fingerprint density at radius 3 is 2.95 bits per heavy atom. The Kier molecular flexibility index (Phi) is 3.81. The maximum Gasteiger partial charge on any atom is 0.188 e. The zero-order valence-corrected chi connectivity index (χ0v) is 12.6. The lowest BCUT2D eigenvalue weighted by molar-refractivity contribution is 0.341. The number of aromatic hydroxyl groups is 1. The molecular formula is C16H13N3O2S. The molecule has 0 unspecified atom stereocenters. The number of fused-ring (bicyclic) bond motifs is 1. The van der Waals surface area contributed by atoms with Crippen LogP contribution in [0, 0.1) is 11.3 Å². The molecule has 0 radical (unpaired) electrons. The summed E-state index contributed by atoms with van der Waals surface area (Å²) in [6, 6.07) is 12.5. The Hall–Kier alpha value is -2.78. The Bertz CT molecular complexity index is 867. The second-order valence-corrected chi connectivity index (χ2v) is 5.58. The summed E-state index contributed by atoms with van der Waals surface area (Å²) in [6.45, 7) is 2.57. The number of phenols is 1. The first kappa shape index (κ1) is 14.2. The maximum atomic E-state index is 9.52. The van der Waals surface area contributed by atoms with Crippen LogP contribution in [0.2, 0.25) is 0 Å². The Morgan fingerprint density at radius 1 is 1.32 bits per heavy atom. The largest absolute Gasteiger partial charge is 0.507 e. The van der Waals surface area contributed by atoms with Gasteiger partial charge in [-0.3, -0.25) is 0 Å². The van der Waals surface area contributed by atoms with E-state index in [1.165, 1.54) is 17.4 Å². The minimum Gasteiger partial charge on any atom is -0.507 e. The molecule has 0 aliphatic carbocycles. The maximum absolute atomic E-state index is 9.52. The van der Waals surface area contributed by atoms with E-state index in [2.05, 4.69) is 10.3 Å². The first-order chi connectivity index (χ1) is 10.7. The van der Waals surface area contributed by atoms with Crippen molar-refractivity contribution in [3.63, 3.8) is 0 Å². The van der Waals surface area contributed by atoms with E-state index in [0.29, 0.717) is 12.3 Å². The first-order valence-electron chi connectivity index (χ1n) is 6.73. The van der Waals surface area contributed by atoms with Crippen LogP contribution in [0.1, 0.15) is 12.5 Å². The van der Waals surface area contributed by atoms with Gasteiger partial charge in [0.25, 0.3) is 0 Å². The van der Waals surface area contributed by atoms with Crippen molar-refractivity contribution in [1.29, 1.82) is 5.26 Å². The number of thiazole rings is 1. The highest BCUT2D eigenvalue weighted by atomic mass is 32.1. The van der Waals surface area contributed by atoms with E-state index in [9.17, 15) is 5.11 Å². The van der Waals surface area contributed by atoms with Crippen molar-refractivity contribution in [2.24, 2.45) is 0 Å². The van der Waals surface area contributed by atoms with E-state index in [0.717, 1.165) is 21.1 Å². The fourth-order valence-electron chi connectivity index (χ4n) is 2.04. The van der Waals surface area contributed by atoms with Gasteiger partial charge in [0.15, 0.2) is 5.13 Å². The predicted octanol–water partition coefficient (Wildman–Crippen LogP) is 4.02. The van der Waals surface area contributed by atoms with Gasteiger partial charge in [-0.2, -0.15) is 5.26 Å². The van der Waals surface area contributed by atoms with Crippen molar-refractivity contribution < 1.29 is 9.84 Å². The highest BCUT2D eigenvalue weighted by molar-refractivity contribution is 7.22. The van der Waals surface area contributed by atoms with Gasteiger partial charge in [0.1, 0.15) is 17.6 Å². The number of nitrogens with one attached hydrogen (secondary N) is 1. The minimum absolute atomic E-state index is 0.0290. The summed E-state index contributed by atoms with van der Waals surface area (Å²) in [5.41, 5.74) is 1.82. The van der Waals surface area contributed by atoms with Gasteiger partial charge >= 0.3 is 0 Å². The van der Waals surface area contributed by atoms with Crippen LogP contribution in [0.4, 0.5) is 10.8 Å². The van der Waals surface area contributed by atoms with Crippen LogP contribution < -0.4 is 10.1 Å².